The van der Waals surface area contributed by atoms with Crippen LogP contribution in [-0.4, -0.2) is 45.2 Å². The molecule has 158 valence electrons. The fourth-order valence-electron chi connectivity index (χ4n) is 4.66. The number of nitrogens with zero attached hydrogens (tertiary/aromatic N) is 3. The van der Waals surface area contributed by atoms with Crippen LogP contribution in [0.5, 0.6) is 0 Å². The average molecular weight is 409 g/mol. The smallest absolute Gasteiger partial charge is 0.273 e. The van der Waals surface area contributed by atoms with Crippen molar-refractivity contribution < 1.29 is 9.53 Å². The van der Waals surface area contributed by atoms with Crippen molar-refractivity contribution in [1.82, 2.24) is 24.8 Å². The van der Waals surface area contributed by atoms with Crippen LogP contribution in [0, 0.1) is 0 Å². The Morgan fingerprint density at radius 3 is 2.80 bits per heavy atom. The predicted molar refractivity (Wildman–Crippen MR) is 114 cm³/mol. The van der Waals surface area contributed by atoms with Crippen LogP contribution in [0.3, 0.4) is 0 Å². The van der Waals surface area contributed by atoms with Gasteiger partial charge in [0.25, 0.3) is 5.56 Å². The molecule has 0 unspecified atom stereocenters. The van der Waals surface area contributed by atoms with Gasteiger partial charge in [0.05, 0.1) is 18.3 Å². The largest absolute Gasteiger partial charge is 0.384 e. The zero-order valence-electron chi connectivity index (χ0n) is 17.2. The molecule has 8 nitrogen and oxygen atoms in total. The van der Waals surface area contributed by atoms with E-state index in [0.717, 1.165) is 60.6 Å². The first kappa shape index (κ1) is 19.2. The second-order valence-electron chi connectivity index (χ2n) is 8.49. The quantitative estimate of drug-likeness (QED) is 0.652. The molecular weight excluding hydrogens is 382 g/mol. The summed E-state index contributed by atoms with van der Waals surface area (Å²) in [6.07, 6.45) is 9.51. The highest BCUT2D eigenvalue weighted by Crippen LogP contribution is 2.39. The molecule has 30 heavy (non-hydrogen) atoms. The van der Waals surface area contributed by atoms with Gasteiger partial charge in [-0.1, -0.05) is 0 Å². The topological polar surface area (TPSA) is 102 Å². The number of fused-ring (bicyclic) bond motifs is 3. The van der Waals surface area contributed by atoms with Gasteiger partial charge in [0.1, 0.15) is 16.9 Å². The molecule has 2 aliphatic rings. The number of aromatic nitrogens is 4. The number of aromatic amines is 1. The highest BCUT2D eigenvalue weighted by Gasteiger charge is 2.32. The van der Waals surface area contributed by atoms with Crippen molar-refractivity contribution >= 4 is 28.0 Å². The van der Waals surface area contributed by atoms with Gasteiger partial charge in [-0.15, -0.1) is 0 Å². The van der Waals surface area contributed by atoms with E-state index in [1.807, 2.05) is 16.8 Å². The molecule has 3 heterocycles. The molecule has 5 rings (SSSR count). The minimum Gasteiger partial charge on any atom is -0.384 e. The molecule has 0 aliphatic heterocycles. The number of amides is 1. The Balaban J connectivity index is 1.47. The van der Waals surface area contributed by atoms with E-state index in [9.17, 15) is 9.59 Å². The van der Waals surface area contributed by atoms with E-state index in [1.54, 1.807) is 13.3 Å². The molecule has 3 aromatic heterocycles. The number of nitrogens with one attached hydrogen (secondary N) is 2. The summed E-state index contributed by atoms with van der Waals surface area (Å²) in [6, 6.07) is 2.24. The molecule has 3 aromatic rings. The number of carbonyl (C=O) groups is 1. The lowest BCUT2D eigenvalue weighted by molar-refractivity contribution is -0.122. The van der Waals surface area contributed by atoms with Crippen molar-refractivity contribution in [3.63, 3.8) is 0 Å². The van der Waals surface area contributed by atoms with Crippen LogP contribution in [0.2, 0.25) is 0 Å². The Morgan fingerprint density at radius 2 is 2.07 bits per heavy atom. The lowest BCUT2D eigenvalue weighted by Crippen LogP contribution is -2.40. The van der Waals surface area contributed by atoms with Crippen molar-refractivity contribution in [1.29, 1.82) is 0 Å². The Kier molecular flexibility index (Phi) is 5.02. The minimum absolute atomic E-state index is 0.0305. The third kappa shape index (κ3) is 3.49. The van der Waals surface area contributed by atoms with Gasteiger partial charge >= 0.3 is 0 Å². The number of H-pyrrole nitrogens is 1. The maximum Gasteiger partial charge on any atom is 0.273 e. The van der Waals surface area contributed by atoms with Crippen molar-refractivity contribution in [2.45, 2.75) is 62.9 Å². The standard InChI is InChI=1S/C22H27N5O3/c1-30-11-9-18(28)25-14-4-6-15(7-5-14)27-20-16-8-10-23-21(16)24-12-17(20)26-19(22(27)29)13-2-3-13/h8,10,12-15H,2-7,9,11H2,1H3,(H,23,24)(H,25,28). The van der Waals surface area contributed by atoms with Crippen LogP contribution in [0.4, 0.5) is 0 Å². The first-order chi connectivity index (χ1) is 14.7. The average Bonchev–Trinajstić information content (AvgIpc) is 3.48. The number of rotatable bonds is 6. The maximum absolute atomic E-state index is 13.5. The van der Waals surface area contributed by atoms with Gasteiger partial charge in [-0.3, -0.25) is 9.59 Å². The lowest BCUT2D eigenvalue weighted by atomic mass is 9.90. The molecule has 0 radical (unpaired) electrons. The number of ether oxygens (including phenoxy) is 1. The van der Waals surface area contributed by atoms with Crippen LogP contribution in [-0.2, 0) is 9.53 Å². The normalized spacial score (nSPS) is 21.9. The van der Waals surface area contributed by atoms with Crippen LogP contribution in [0.15, 0.2) is 23.3 Å². The second-order valence-corrected chi connectivity index (χ2v) is 8.49. The van der Waals surface area contributed by atoms with Crippen molar-refractivity contribution in [2.75, 3.05) is 13.7 Å². The minimum atomic E-state index is 0.0305. The molecule has 0 saturated heterocycles. The molecule has 1 amide bonds. The molecule has 2 fully saturated rings. The monoisotopic (exact) mass is 409 g/mol. The maximum atomic E-state index is 13.5. The summed E-state index contributed by atoms with van der Waals surface area (Å²) in [4.78, 5) is 37.9. The number of hydrogen-bond donors (Lipinski definition) is 2. The first-order valence-corrected chi connectivity index (χ1v) is 10.8. The number of carbonyl (C=O) groups excluding carboxylic acids is 1. The van der Waals surface area contributed by atoms with Gasteiger partial charge in [0, 0.05) is 43.1 Å². The van der Waals surface area contributed by atoms with Gasteiger partial charge in [-0.25, -0.2) is 9.97 Å². The van der Waals surface area contributed by atoms with E-state index in [-0.39, 0.29) is 29.5 Å². The fraction of sp³-hybridized carbons (Fsp3) is 0.545. The van der Waals surface area contributed by atoms with Crippen LogP contribution in [0.1, 0.15) is 62.6 Å². The SMILES string of the molecule is COCCC(=O)NC1CCC(n2c(=O)c(C3CC3)nc3cnc4[nH]ccc4c32)CC1. The summed E-state index contributed by atoms with van der Waals surface area (Å²) in [6.45, 7) is 0.435. The summed E-state index contributed by atoms with van der Waals surface area (Å²) in [7, 11) is 1.60. The highest BCUT2D eigenvalue weighted by atomic mass is 16.5. The number of pyridine rings is 1. The predicted octanol–water partition coefficient (Wildman–Crippen LogP) is 2.79. The number of methoxy groups -OCH3 is 1. The van der Waals surface area contributed by atoms with Crippen LogP contribution >= 0.6 is 0 Å². The molecule has 0 bridgehead atoms. The molecule has 8 heteroatoms. The highest BCUT2D eigenvalue weighted by molar-refractivity contribution is 6.00. The Bertz CT molecular complexity index is 1140. The van der Waals surface area contributed by atoms with Crippen LogP contribution in [0.25, 0.3) is 22.1 Å². The van der Waals surface area contributed by atoms with Crippen molar-refractivity contribution in [2.24, 2.45) is 0 Å². The summed E-state index contributed by atoms with van der Waals surface area (Å²) in [5.41, 5.74) is 3.18. The molecule has 2 aliphatic carbocycles. The second kappa shape index (κ2) is 7.83. The first-order valence-electron chi connectivity index (χ1n) is 10.8. The Morgan fingerprint density at radius 1 is 1.27 bits per heavy atom. The molecular formula is C22H27N5O3. The van der Waals surface area contributed by atoms with E-state index < -0.39 is 0 Å². The zero-order valence-corrected chi connectivity index (χ0v) is 17.2. The van der Waals surface area contributed by atoms with Gasteiger partial charge in [-0.05, 0) is 44.6 Å². The van der Waals surface area contributed by atoms with E-state index >= 15 is 0 Å². The van der Waals surface area contributed by atoms with Gasteiger partial charge in [0.2, 0.25) is 5.91 Å². The molecule has 0 spiro atoms. The summed E-state index contributed by atoms with van der Waals surface area (Å²) >= 11 is 0. The summed E-state index contributed by atoms with van der Waals surface area (Å²) in [5.74, 6) is 0.314. The lowest BCUT2D eigenvalue weighted by Gasteiger charge is -2.31. The van der Waals surface area contributed by atoms with E-state index in [0.29, 0.717) is 18.7 Å². The number of hydrogen-bond acceptors (Lipinski definition) is 5. The van der Waals surface area contributed by atoms with Gasteiger partial charge in [-0.2, -0.15) is 0 Å². The molecule has 0 aromatic carbocycles. The van der Waals surface area contributed by atoms with Gasteiger partial charge < -0.3 is 19.6 Å². The third-order valence-corrected chi connectivity index (χ3v) is 6.38. The third-order valence-electron chi connectivity index (χ3n) is 6.38. The van der Waals surface area contributed by atoms with E-state index in [2.05, 4.69) is 15.3 Å². The fourth-order valence-corrected chi connectivity index (χ4v) is 4.66. The summed E-state index contributed by atoms with van der Waals surface area (Å²) < 4.78 is 6.97. The van der Waals surface area contributed by atoms with Gasteiger partial charge in [0.15, 0.2) is 0 Å². The molecule has 0 atom stereocenters. The van der Waals surface area contributed by atoms with Crippen molar-refractivity contribution in [3.8, 4) is 0 Å². The van der Waals surface area contributed by atoms with Crippen molar-refractivity contribution in [3.05, 3.63) is 34.5 Å². The Hall–Kier alpha value is -2.74. The zero-order chi connectivity index (χ0) is 20.7. The van der Waals surface area contributed by atoms with Crippen LogP contribution < -0.4 is 10.9 Å². The summed E-state index contributed by atoms with van der Waals surface area (Å²) in [5, 5.41) is 4.05. The molecule has 2 saturated carbocycles. The van der Waals surface area contributed by atoms with E-state index in [1.165, 1.54) is 0 Å². The molecule has 2 N–H and O–H groups in total. The Labute approximate surface area is 174 Å². The van der Waals surface area contributed by atoms with E-state index in [4.69, 9.17) is 9.72 Å².